The molecule has 1 aliphatic rings. The van der Waals surface area contributed by atoms with Gasteiger partial charge in [0.2, 0.25) is 0 Å². The Bertz CT molecular complexity index is 476. The van der Waals surface area contributed by atoms with E-state index in [2.05, 4.69) is 0 Å². The van der Waals surface area contributed by atoms with Crippen molar-refractivity contribution in [1.29, 1.82) is 5.26 Å². The highest BCUT2D eigenvalue weighted by molar-refractivity contribution is 5.99. The average molecular weight is 231 g/mol. The molecule has 0 fully saturated rings. The van der Waals surface area contributed by atoms with Crippen molar-refractivity contribution in [3.05, 3.63) is 23.8 Å². The van der Waals surface area contributed by atoms with E-state index in [4.69, 9.17) is 14.7 Å². The molecule has 0 bridgehead atoms. The van der Waals surface area contributed by atoms with Crippen molar-refractivity contribution in [2.45, 2.75) is 13.3 Å². The summed E-state index contributed by atoms with van der Waals surface area (Å²) in [6.07, 6.45) is 0.518. The normalized spacial score (nSPS) is 14.8. The van der Waals surface area contributed by atoms with Crippen molar-refractivity contribution < 1.29 is 14.3 Å². The molecule has 4 nitrogen and oxygen atoms in total. The fraction of sp³-hybridized carbons (Fsp3) is 0.385. The number of ketones is 1. The number of hydrogen-bond donors (Lipinski definition) is 0. The van der Waals surface area contributed by atoms with Gasteiger partial charge in [-0.1, -0.05) is 6.92 Å². The van der Waals surface area contributed by atoms with Crippen molar-refractivity contribution >= 4 is 5.78 Å². The van der Waals surface area contributed by atoms with Crippen molar-refractivity contribution in [1.82, 2.24) is 0 Å². The largest absolute Gasteiger partial charge is 0.486 e. The number of benzene rings is 1. The molecule has 88 valence electrons. The number of nitriles is 1. The number of ether oxygens (including phenoxy) is 2. The number of carbonyl (C=O) groups is 1. The first-order chi connectivity index (χ1) is 8.26. The van der Waals surface area contributed by atoms with Gasteiger partial charge in [-0.25, -0.2) is 0 Å². The smallest absolute Gasteiger partial charge is 0.180 e. The minimum atomic E-state index is -0.586. The predicted octanol–water partition coefficient (Wildman–Crippen LogP) is 2.19. The lowest BCUT2D eigenvalue weighted by molar-refractivity contribution is 0.0945. The van der Waals surface area contributed by atoms with E-state index in [9.17, 15) is 4.79 Å². The second-order valence-electron chi connectivity index (χ2n) is 3.81. The van der Waals surface area contributed by atoms with Gasteiger partial charge >= 0.3 is 0 Å². The van der Waals surface area contributed by atoms with E-state index in [1.807, 2.05) is 13.0 Å². The van der Waals surface area contributed by atoms with Crippen molar-refractivity contribution in [3.8, 4) is 17.6 Å². The number of fused-ring (bicyclic) bond motifs is 1. The molecule has 1 aromatic rings. The monoisotopic (exact) mass is 231 g/mol. The molecule has 1 aliphatic heterocycles. The second-order valence-corrected chi connectivity index (χ2v) is 3.81. The molecule has 1 aromatic carbocycles. The standard InChI is InChI=1S/C13H13NO3/c1-2-9(8-14)13(15)10-3-4-11-12(7-10)17-6-5-16-11/h3-4,7,9H,2,5-6H2,1H3. The molecular formula is C13H13NO3. The molecule has 17 heavy (non-hydrogen) atoms. The zero-order valence-corrected chi connectivity index (χ0v) is 9.60. The van der Waals surface area contributed by atoms with Crippen LogP contribution in [-0.2, 0) is 0 Å². The van der Waals surface area contributed by atoms with Gasteiger partial charge < -0.3 is 9.47 Å². The lowest BCUT2D eigenvalue weighted by atomic mass is 9.96. The molecule has 1 atom stereocenters. The lowest BCUT2D eigenvalue weighted by Crippen LogP contribution is -2.17. The summed E-state index contributed by atoms with van der Waals surface area (Å²) in [5.41, 5.74) is 0.502. The Balaban J connectivity index is 2.28. The molecule has 0 amide bonds. The number of hydrogen-bond acceptors (Lipinski definition) is 4. The Hall–Kier alpha value is -2.02. The maximum Gasteiger partial charge on any atom is 0.180 e. The average Bonchev–Trinajstić information content (AvgIpc) is 2.39. The van der Waals surface area contributed by atoms with Gasteiger partial charge in [-0.3, -0.25) is 4.79 Å². The molecule has 1 heterocycles. The maximum atomic E-state index is 12.0. The summed E-state index contributed by atoms with van der Waals surface area (Å²) in [6.45, 7) is 2.83. The number of carbonyl (C=O) groups excluding carboxylic acids is 1. The third-order valence-corrected chi connectivity index (χ3v) is 2.71. The fourth-order valence-corrected chi connectivity index (χ4v) is 1.73. The highest BCUT2D eigenvalue weighted by Gasteiger charge is 2.20. The van der Waals surface area contributed by atoms with Crippen LogP contribution < -0.4 is 9.47 Å². The first kappa shape index (κ1) is 11.5. The Labute approximate surface area is 99.8 Å². The quantitative estimate of drug-likeness (QED) is 0.748. The summed E-state index contributed by atoms with van der Waals surface area (Å²) in [7, 11) is 0. The Kier molecular flexibility index (Phi) is 3.29. The minimum absolute atomic E-state index is 0.160. The third kappa shape index (κ3) is 2.23. The van der Waals surface area contributed by atoms with Gasteiger partial charge in [0.15, 0.2) is 17.3 Å². The van der Waals surface area contributed by atoms with Crippen LogP contribution in [-0.4, -0.2) is 19.0 Å². The zero-order chi connectivity index (χ0) is 12.3. The van der Waals surface area contributed by atoms with Crippen molar-refractivity contribution in [2.24, 2.45) is 5.92 Å². The molecule has 0 N–H and O–H groups in total. The molecule has 0 aromatic heterocycles. The van der Waals surface area contributed by atoms with E-state index >= 15 is 0 Å². The highest BCUT2D eigenvalue weighted by Crippen LogP contribution is 2.31. The summed E-state index contributed by atoms with van der Waals surface area (Å²) in [4.78, 5) is 12.0. The van der Waals surface area contributed by atoms with Crippen LogP contribution >= 0.6 is 0 Å². The van der Waals surface area contributed by atoms with Crippen molar-refractivity contribution in [3.63, 3.8) is 0 Å². The topological polar surface area (TPSA) is 59.3 Å². The highest BCUT2D eigenvalue weighted by atomic mass is 16.6. The van der Waals surface area contributed by atoms with Gasteiger partial charge in [0, 0.05) is 5.56 Å². The van der Waals surface area contributed by atoms with Gasteiger partial charge in [-0.2, -0.15) is 5.26 Å². The lowest BCUT2D eigenvalue weighted by Gasteiger charge is -2.18. The summed E-state index contributed by atoms with van der Waals surface area (Å²) < 4.78 is 10.8. The van der Waals surface area contributed by atoms with Gasteiger partial charge in [0.1, 0.15) is 19.1 Å². The third-order valence-electron chi connectivity index (χ3n) is 2.71. The molecule has 1 unspecified atom stereocenters. The predicted molar refractivity (Wildman–Crippen MR) is 61.2 cm³/mol. The van der Waals surface area contributed by atoms with Gasteiger partial charge in [0.05, 0.1) is 6.07 Å². The Morgan fingerprint density at radius 3 is 2.76 bits per heavy atom. The van der Waals surface area contributed by atoms with Gasteiger partial charge in [-0.05, 0) is 24.6 Å². The summed E-state index contributed by atoms with van der Waals surface area (Å²) in [5, 5.41) is 8.87. The molecule has 0 saturated carbocycles. The zero-order valence-electron chi connectivity index (χ0n) is 9.60. The van der Waals surface area contributed by atoms with E-state index in [-0.39, 0.29) is 5.78 Å². The Morgan fingerprint density at radius 1 is 1.41 bits per heavy atom. The molecule has 4 heteroatoms. The van der Waals surface area contributed by atoms with Gasteiger partial charge in [-0.15, -0.1) is 0 Å². The minimum Gasteiger partial charge on any atom is -0.486 e. The molecular weight excluding hydrogens is 218 g/mol. The van der Waals surface area contributed by atoms with Crippen LogP contribution in [0.2, 0.25) is 0 Å². The van der Waals surface area contributed by atoms with Crippen LogP contribution in [0.5, 0.6) is 11.5 Å². The first-order valence-corrected chi connectivity index (χ1v) is 5.59. The van der Waals surface area contributed by atoms with E-state index in [0.717, 1.165) is 0 Å². The van der Waals surface area contributed by atoms with E-state index in [1.165, 1.54) is 0 Å². The molecule has 0 spiro atoms. The summed E-state index contributed by atoms with van der Waals surface area (Å²) in [6, 6.07) is 7.05. The summed E-state index contributed by atoms with van der Waals surface area (Å²) in [5.74, 6) is 0.484. The maximum absolute atomic E-state index is 12.0. The Morgan fingerprint density at radius 2 is 2.12 bits per heavy atom. The van der Waals surface area contributed by atoms with Crippen LogP contribution in [0.15, 0.2) is 18.2 Å². The SMILES string of the molecule is CCC(C#N)C(=O)c1ccc2c(c1)OCCO2. The van der Waals surface area contributed by atoms with E-state index in [1.54, 1.807) is 18.2 Å². The van der Waals surface area contributed by atoms with E-state index < -0.39 is 5.92 Å². The number of nitrogens with zero attached hydrogens (tertiary/aromatic N) is 1. The summed E-state index contributed by atoms with van der Waals surface area (Å²) >= 11 is 0. The molecule has 2 rings (SSSR count). The second kappa shape index (κ2) is 4.88. The number of Topliss-reactive ketones (excluding diaryl/α,β-unsaturated/α-hetero) is 1. The van der Waals surface area contributed by atoms with Crippen molar-refractivity contribution in [2.75, 3.05) is 13.2 Å². The van der Waals surface area contributed by atoms with Crippen LogP contribution in [0, 0.1) is 17.2 Å². The molecule has 0 radical (unpaired) electrons. The fourth-order valence-electron chi connectivity index (χ4n) is 1.73. The van der Waals surface area contributed by atoms with E-state index in [0.29, 0.717) is 36.7 Å². The van der Waals surface area contributed by atoms with Crippen LogP contribution in [0.1, 0.15) is 23.7 Å². The van der Waals surface area contributed by atoms with Crippen LogP contribution in [0.3, 0.4) is 0 Å². The van der Waals surface area contributed by atoms with Gasteiger partial charge in [0.25, 0.3) is 0 Å². The first-order valence-electron chi connectivity index (χ1n) is 5.59. The van der Waals surface area contributed by atoms with Crippen LogP contribution in [0.4, 0.5) is 0 Å². The molecule has 0 saturated heterocycles. The number of rotatable bonds is 3. The molecule has 0 aliphatic carbocycles. The van der Waals surface area contributed by atoms with Crippen LogP contribution in [0.25, 0.3) is 0 Å².